The highest BCUT2D eigenvalue weighted by molar-refractivity contribution is 5.97. The number of hydrogen-bond donors (Lipinski definition) is 0. The van der Waals surface area contributed by atoms with E-state index in [0.717, 1.165) is 11.4 Å². The maximum absolute atomic E-state index is 11.5. The molecule has 0 unspecified atom stereocenters. The Hall–Kier alpha value is -1.90. The Kier molecular flexibility index (Phi) is 3.09. The molecule has 2 rings (SSSR count). The van der Waals surface area contributed by atoms with Gasteiger partial charge in [-0.25, -0.2) is 4.68 Å². The van der Waals surface area contributed by atoms with E-state index >= 15 is 0 Å². The molecule has 0 aliphatic carbocycles. The van der Waals surface area contributed by atoms with Gasteiger partial charge >= 0.3 is 0 Å². The topological polar surface area (TPSA) is 34.9 Å². The molecule has 17 heavy (non-hydrogen) atoms. The van der Waals surface area contributed by atoms with Crippen molar-refractivity contribution in [2.45, 2.75) is 26.7 Å². The predicted octanol–water partition coefficient (Wildman–Crippen LogP) is 3.20. The molecule has 0 amide bonds. The van der Waals surface area contributed by atoms with Gasteiger partial charge in [-0.2, -0.15) is 5.10 Å². The van der Waals surface area contributed by atoms with Crippen LogP contribution in [0.15, 0.2) is 36.5 Å². The van der Waals surface area contributed by atoms with Crippen molar-refractivity contribution in [3.8, 4) is 5.69 Å². The number of hydrogen-bond acceptors (Lipinski definition) is 2. The zero-order valence-corrected chi connectivity index (χ0v) is 10.3. The lowest BCUT2D eigenvalue weighted by atomic mass is 10.1. The number of ketones is 1. The fraction of sp³-hybridized carbons (Fsp3) is 0.286. The minimum Gasteiger partial charge on any atom is -0.294 e. The number of carbonyl (C=O) groups is 1. The van der Waals surface area contributed by atoms with Gasteiger partial charge in [0.25, 0.3) is 0 Å². The summed E-state index contributed by atoms with van der Waals surface area (Å²) in [6.45, 7) is 5.78. The van der Waals surface area contributed by atoms with Gasteiger partial charge in [-0.3, -0.25) is 4.79 Å². The highest BCUT2D eigenvalue weighted by atomic mass is 16.1. The monoisotopic (exact) mass is 228 g/mol. The predicted molar refractivity (Wildman–Crippen MR) is 67.7 cm³/mol. The molecule has 0 spiro atoms. The van der Waals surface area contributed by atoms with Crippen molar-refractivity contribution < 1.29 is 4.79 Å². The van der Waals surface area contributed by atoms with Crippen LogP contribution in [0.5, 0.6) is 0 Å². The van der Waals surface area contributed by atoms with Crippen molar-refractivity contribution in [2.75, 3.05) is 0 Å². The average Bonchev–Trinajstić information content (AvgIpc) is 2.78. The number of para-hydroxylation sites is 1. The molecule has 0 aliphatic rings. The van der Waals surface area contributed by atoms with Crippen LogP contribution in [-0.2, 0) is 0 Å². The summed E-state index contributed by atoms with van der Waals surface area (Å²) >= 11 is 0. The zero-order chi connectivity index (χ0) is 12.4. The van der Waals surface area contributed by atoms with Crippen molar-refractivity contribution in [2.24, 2.45) is 0 Å². The van der Waals surface area contributed by atoms with Gasteiger partial charge in [-0.15, -0.1) is 0 Å². The molecule has 0 saturated heterocycles. The maximum Gasteiger partial charge on any atom is 0.161 e. The number of Topliss-reactive ketones (excluding diaryl/α,β-unsaturated/α-hetero) is 1. The van der Waals surface area contributed by atoms with E-state index in [1.54, 1.807) is 11.6 Å². The average molecular weight is 228 g/mol. The molecule has 0 N–H and O–H groups in total. The number of benzene rings is 1. The van der Waals surface area contributed by atoms with Gasteiger partial charge in [0.1, 0.15) is 0 Å². The summed E-state index contributed by atoms with van der Waals surface area (Å²) in [5.41, 5.74) is 2.57. The third-order valence-corrected chi connectivity index (χ3v) is 2.73. The SMILES string of the molecule is CC(=O)c1ccccc1-n1ccc(C(C)C)n1. The van der Waals surface area contributed by atoms with E-state index in [0.29, 0.717) is 11.5 Å². The van der Waals surface area contributed by atoms with Crippen molar-refractivity contribution in [1.29, 1.82) is 0 Å². The van der Waals surface area contributed by atoms with Gasteiger partial charge in [-0.05, 0) is 31.0 Å². The summed E-state index contributed by atoms with van der Waals surface area (Å²) in [7, 11) is 0. The summed E-state index contributed by atoms with van der Waals surface area (Å²) in [6.07, 6.45) is 1.90. The summed E-state index contributed by atoms with van der Waals surface area (Å²) in [6, 6.07) is 9.51. The lowest BCUT2D eigenvalue weighted by Crippen LogP contribution is -2.04. The fourth-order valence-electron chi connectivity index (χ4n) is 1.75. The third kappa shape index (κ3) is 2.28. The Labute approximate surface area is 101 Å². The first-order valence-corrected chi connectivity index (χ1v) is 5.75. The second kappa shape index (κ2) is 4.53. The quantitative estimate of drug-likeness (QED) is 0.756. The molecule has 2 aromatic rings. The molecule has 3 nitrogen and oxygen atoms in total. The van der Waals surface area contributed by atoms with Gasteiger partial charge in [0.2, 0.25) is 0 Å². The molecule has 0 saturated carbocycles. The van der Waals surface area contributed by atoms with Crippen LogP contribution in [0, 0.1) is 0 Å². The number of nitrogens with zero attached hydrogens (tertiary/aromatic N) is 2. The Balaban J connectivity index is 2.49. The van der Waals surface area contributed by atoms with Gasteiger partial charge in [-0.1, -0.05) is 26.0 Å². The van der Waals surface area contributed by atoms with Gasteiger partial charge < -0.3 is 0 Å². The van der Waals surface area contributed by atoms with Crippen molar-refractivity contribution in [1.82, 2.24) is 9.78 Å². The van der Waals surface area contributed by atoms with Crippen molar-refractivity contribution >= 4 is 5.78 Å². The molecule has 3 heteroatoms. The van der Waals surface area contributed by atoms with E-state index in [4.69, 9.17) is 0 Å². The van der Waals surface area contributed by atoms with Crippen LogP contribution < -0.4 is 0 Å². The summed E-state index contributed by atoms with van der Waals surface area (Å²) < 4.78 is 1.77. The van der Waals surface area contributed by atoms with Gasteiger partial charge in [0.05, 0.1) is 11.4 Å². The molecule has 1 aromatic carbocycles. The smallest absolute Gasteiger partial charge is 0.161 e. The minimum atomic E-state index is 0.0576. The van der Waals surface area contributed by atoms with Crippen LogP contribution in [0.1, 0.15) is 42.7 Å². The lowest BCUT2D eigenvalue weighted by molar-refractivity contribution is 0.101. The summed E-state index contributed by atoms with van der Waals surface area (Å²) in [4.78, 5) is 11.5. The Bertz CT molecular complexity index is 541. The van der Waals surface area contributed by atoms with Crippen LogP contribution in [0.3, 0.4) is 0 Å². The Morgan fingerprint density at radius 2 is 1.94 bits per heavy atom. The van der Waals surface area contributed by atoms with Crippen LogP contribution in [-0.4, -0.2) is 15.6 Å². The molecular weight excluding hydrogens is 212 g/mol. The van der Waals surface area contributed by atoms with E-state index in [1.165, 1.54) is 0 Å². The molecule has 0 fully saturated rings. The van der Waals surface area contributed by atoms with Crippen molar-refractivity contribution in [3.05, 3.63) is 47.8 Å². The van der Waals surface area contributed by atoms with Crippen LogP contribution in [0.4, 0.5) is 0 Å². The first-order valence-electron chi connectivity index (χ1n) is 5.75. The van der Waals surface area contributed by atoms with E-state index < -0.39 is 0 Å². The maximum atomic E-state index is 11.5. The third-order valence-electron chi connectivity index (χ3n) is 2.73. The largest absolute Gasteiger partial charge is 0.294 e. The van der Waals surface area contributed by atoms with E-state index in [1.807, 2.05) is 36.5 Å². The highest BCUT2D eigenvalue weighted by Gasteiger charge is 2.10. The lowest BCUT2D eigenvalue weighted by Gasteiger charge is -2.06. The van der Waals surface area contributed by atoms with Crippen molar-refractivity contribution in [3.63, 3.8) is 0 Å². The molecule has 88 valence electrons. The normalized spacial score (nSPS) is 10.8. The molecule has 1 heterocycles. The van der Waals surface area contributed by atoms with Crippen LogP contribution >= 0.6 is 0 Å². The summed E-state index contributed by atoms with van der Waals surface area (Å²) in [5, 5.41) is 4.49. The second-order valence-corrected chi connectivity index (χ2v) is 4.41. The fourth-order valence-corrected chi connectivity index (χ4v) is 1.75. The van der Waals surface area contributed by atoms with E-state index in [-0.39, 0.29) is 5.78 Å². The summed E-state index contributed by atoms with van der Waals surface area (Å²) in [5.74, 6) is 0.447. The molecule has 0 atom stereocenters. The number of carbonyl (C=O) groups excluding carboxylic acids is 1. The van der Waals surface area contributed by atoms with Gasteiger partial charge in [0, 0.05) is 11.8 Å². The molecule has 0 bridgehead atoms. The zero-order valence-electron chi connectivity index (χ0n) is 10.3. The first kappa shape index (κ1) is 11.6. The van der Waals surface area contributed by atoms with Crippen LogP contribution in [0.2, 0.25) is 0 Å². The number of rotatable bonds is 3. The second-order valence-electron chi connectivity index (χ2n) is 4.41. The Morgan fingerprint density at radius 3 is 2.53 bits per heavy atom. The standard InChI is InChI=1S/C14H16N2O/c1-10(2)13-8-9-16(15-13)14-7-5-4-6-12(14)11(3)17/h4-10H,1-3H3. The number of aromatic nitrogens is 2. The molecule has 1 aromatic heterocycles. The first-order chi connectivity index (χ1) is 8.09. The highest BCUT2D eigenvalue weighted by Crippen LogP contribution is 2.17. The van der Waals surface area contributed by atoms with E-state index in [2.05, 4.69) is 18.9 Å². The van der Waals surface area contributed by atoms with Crippen LogP contribution in [0.25, 0.3) is 5.69 Å². The van der Waals surface area contributed by atoms with E-state index in [9.17, 15) is 4.79 Å². The Morgan fingerprint density at radius 1 is 1.24 bits per heavy atom. The van der Waals surface area contributed by atoms with Gasteiger partial charge in [0.15, 0.2) is 5.78 Å². The molecule has 0 aliphatic heterocycles. The minimum absolute atomic E-state index is 0.0576. The molecule has 0 radical (unpaired) electrons. The molecular formula is C14H16N2O.